The molecule has 0 heterocycles. The van der Waals surface area contributed by atoms with Gasteiger partial charge in [0.15, 0.2) is 5.84 Å². The van der Waals surface area contributed by atoms with Crippen LogP contribution in [0, 0.1) is 5.82 Å². The molecule has 0 saturated carbocycles. The minimum absolute atomic E-state index is 0.158. The molecule has 0 unspecified atom stereocenters. The van der Waals surface area contributed by atoms with E-state index in [0.717, 1.165) is 10.4 Å². The Morgan fingerprint density at radius 3 is 2.62 bits per heavy atom. The number of nitrogens with zero attached hydrogens (tertiary/aromatic N) is 2. The van der Waals surface area contributed by atoms with E-state index in [9.17, 15) is 12.8 Å². The molecule has 0 fully saturated rings. The van der Waals surface area contributed by atoms with Crippen LogP contribution in [0.5, 0.6) is 0 Å². The third-order valence-electron chi connectivity index (χ3n) is 3.01. The minimum atomic E-state index is -3.68. The minimum Gasteiger partial charge on any atom is -0.409 e. The van der Waals surface area contributed by atoms with Crippen LogP contribution >= 0.6 is 0 Å². The molecule has 0 radical (unpaired) electrons. The molecule has 1 aromatic rings. The fourth-order valence-corrected chi connectivity index (χ4v) is 2.55. The lowest BCUT2D eigenvalue weighted by molar-refractivity contribution is 0.318. The highest BCUT2D eigenvalue weighted by molar-refractivity contribution is 7.87. The SMILES string of the molecule is CC(C)N(C)S(=O)(=O)NCc1ccc(C(N)=NO)cc1F. The fraction of sp³-hybridized carbons (Fsp3) is 0.417. The highest BCUT2D eigenvalue weighted by Gasteiger charge is 2.20. The van der Waals surface area contributed by atoms with Crippen LogP contribution in [-0.4, -0.2) is 36.9 Å². The van der Waals surface area contributed by atoms with Crippen LogP contribution in [0.1, 0.15) is 25.0 Å². The van der Waals surface area contributed by atoms with Gasteiger partial charge in [0.1, 0.15) is 5.82 Å². The molecular weight excluding hydrogens is 299 g/mol. The first kappa shape index (κ1) is 17.3. The predicted octanol–water partition coefficient (Wildman–Crippen LogP) is 0.595. The quantitative estimate of drug-likeness (QED) is 0.309. The van der Waals surface area contributed by atoms with E-state index in [1.165, 1.54) is 19.2 Å². The lowest BCUT2D eigenvalue weighted by Crippen LogP contribution is -2.41. The number of halogens is 1. The third kappa shape index (κ3) is 4.38. The summed E-state index contributed by atoms with van der Waals surface area (Å²) in [6, 6.07) is 3.68. The Labute approximate surface area is 123 Å². The maximum atomic E-state index is 13.8. The van der Waals surface area contributed by atoms with Gasteiger partial charge in [-0.3, -0.25) is 0 Å². The van der Waals surface area contributed by atoms with Crippen LogP contribution in [0.25, 0.3) is 0 Å². The second kappa shape index (κ2) is 6.83. The molecule has 0 aliphatic heterocycles. The molecule has 0 aliphatic rings. The fourth-order valence-electron chi connectivity index (χ4n) is 1.46. The molecule has 4 N–H and O–H groups in total. The molecule has 0 aliphatic carbocycles. The standard InChI is InChI=1S/C12H19FN4O3S/c1-8(2)17(3)21(19,20)15-7-10-5-4-9(6-11(10)13)12(14)16-18/h4-6,8,15,18H,7H2,1-3H3,(H2,14,16). The average molecular weight is 318 g/mol. The van der Waals surface area contributed by atoms with Gasteiger partial charge in [-0.05, 0) is 19.9 Å². The van der Waals surface area contributed by atoms with Crippen molar-refractivity contribution in [3.63, 3.8) is 0 Å². The molecule has 1 aromatic carbocycles. The highest BCUT2D eigenvalue weighted by Crippen LogP contribution is 2.11. The van der Waals surface area contributed by atoms with E-state index in [1.807, 2.05) is 0 Å². The lowest BCUT2D eigenvalue weighted by Gasteiger charge is -2.21. The molecule has 0 amide bonds. The molecule has 0 saturated heterocycles. The van der Waals surface area contributed by atoms with Gasteiger partial charge in [0.25, 0.3) is 10.2 Å². The topological polar surface area (TPSA) is 108 Å². The largest absolute Gasteiger partial charge is 0.409 e. The maximum absolute atomic E-state index is 13.8. The van der Waals surface area contributed by atoms with E-state index in [0.29, 0.717) is 0 Å². The van der Waals surface area contributed by atoms with Gasteiger partial charge >= 0.3 is 0 Å². The number of amidine groups is 1. The van der Waals surface area contributed by atoms with Crippen LogP contribution in [0.2, 0.25) is 0 Å². The molecule has 9 heteroatoms. The molecule has 7 nitrogen and oxygen atoms in total. The van der Waals surface area contributed by atoms with Crippen molar-refractivity contribution in [2.24, 2.45) is 10.9 Å². The van der Waals surface area contributed by atoms with Crippen LogP contribution in [-0.2, 0) is 16.8 Å². The third-order valence-corrected chi connectivity index (χ3v) is 4.70. The first-order valence-corrected chi connectivity index (χ1v) is 7.62. The number of hydrogen-bond donors (Lipinski definition) is 3. The van der Waals surface area contributed by atoms with E-state index < -0.39 is 16.0 Å². The first-order chi connectivity index (χ1) is 9.69. The molecule has 0 bridgehead atoms. The Morgan fingerprint density at radius 2 is 2.14 bits per heavy atom. The number of oxime groups is 1. The normalized spacial score (nSPS) is 13.1. The molecule has 118 valence electrons. The van der Waals surface area contributed by atoms with Crippen LogP contribution in [0.3, 0.4) is 0 Å². The second-order valence-corrected chi connectivity index (χ2v) is 6.54. The van der Waals surface area contributed by atoms with Gasteiger partial charge in [0.05, 0.1) is 0 Å². The van der Waals surface area contributed by atoms with E-state index in [1.54, 1.807) is 13.8 Å². The second-order valence-electron chi connectivity index (χ2n) is 4.73. The molecule has 0 aromatic heterocycles. The van der Waals surface area contributed by atoms with Crippen molar-refractivity contribution in [3.8, 4) is 0 Å². The zero-order chi connectivity index (χ0) is 16.2. The van der Waals surface area contributed by atoms with Crippen molar-refractivity contribution >= 4 is 16.0 Å². The van der Waals surface area contributed by atoms with Gasteiger partial charge < -0.3 is 10.9 Å². The Morgan fingerprint density at radius 1 is 1.52 bits per heavy atom. The maximum Gasteiger partial charge on any atom is 0.279 e. The molecule has 21 heavy (non-hydrogen) atoms. The van der Waals surface area contributed by atoms with Gasteiger partial charge in [-0.15, -0.1) is 0 Å². The van der Waals surface area contributed by atoms with Crippen molar-refractivity contribution in [2.75, 3.05) is 7.05 Å². The van der Waals surface area contributed by atoms with Crippen molar-refractivity contribution in [1.29, 1.82) is 0 Å². The average Bonchev–Trinajstić information content (AvgIpc) is 2.44. The molecule has 1 rings (SSSR count). The van der Waals surface area contributed by atoms with Gasteiger partial charge in [-0.25, -0.2) is 4.39 Å². The van der Waals surface area contributed by atoms with Crippen molar-refractivity contribution < 1.29 is 18.0 Å². The molecule has 0 atom stereocenters. The Balaban J connectivity index is 2.86. The summed E-state index contributed by atoms with van der Waals surface area (Å²) in [5.74, 6) is -0.866. The number of nitrogens with one attached hydrogen (secondary N) is 1. The van der Waals surface area contributed by atoms with E-state index in [4.69, 9.17) is 10.9 Å². The summed E-state index contributed by atoms with van der Waals surface area (Å²) in [5.41, 5.74) is 5.71. The summed E-state index contributed by atoms with van der Waals surface area (Å²) in [7, 11) is -2.24. The predicted molar refractivity (Wildman–Crippen MR) is 77.6 cm³/mol. The summed E-state index contributed by atoms with van der Waals surface area (Å²) in [4.78, 5) is 0. The zero-order valence-corrected chi connectivity index (χ0v) is 12.9. The van der Waals surface area contributed by atoms with Gasteiger partial charge in [0, 0.05) is 30.8 Å². The summed E-state index contributed by atoms with van der Waals surface area (Å²) < 4.78 is 41.1. The summed E-state index contributed by atoms with van der Waals surface area (Å²) in [6.07, 6.45) is 0. The summed E-state index contributed by atoms with van der Waals surface area (Å²) in [6.45, 7) is 3.26. The van der Waals surface area contributed by atoms with E-state index in [-0.39, 0.29) is 29.5 Å². The van der Waals surface area contributed by atoms with Crippen LogP contribution < -0.4 is 10.5 Å². The number of rotatable bonds is 6. The number of benzene rings is 1. The van der Waals surface area contributed by atoms with Crippen molar-refractivity contribution in [2.45, 2.75) is 26.4 Å². The first-order valence-electron chi connectivity index (χ1n) is 6.18. The smallest absolute Gasteiger partial charge is 0.279 e. The lowest BCUT2D eigenvalue weighted by atomic mass is 10.1. The Kier molecular flexibility index (Phi) is 5.64. The van der Waals surface area contributed by atoms with Crippen LogP contribution in [0.15, 0.2) is 23.4 Å². The Bertz CT molecular complexity index is 631. The van der Waals surface area contributed by atoms with Gasteiger partial charge in [0.2, 0.25) is 0 Å². The highest BCUT2D eigenvalue weighted by atomic mass is 32.2. The van der Waals surface area contributed by atoms with E-state index in [2.05, 4.69) is 9.88 Å². The summed E-state index contributed by atoms with van der Waals surface area (Å²) in [5, 5.41) is 11.3. The Hall–Kier alpha value is -1.71. The van der Waals surface area contributed by atoms with Crippen LogP contribution in [0.4, 0.5) is 4.39 Å². The summed E-state index contributed by atoms with van der Waals surface area (Å²) >= 11 is 0. The monoisotopic (exact) mass is 318 g/mol. The molecular formula is C12H19FN4O3S. The number of nitrogens with two attached hydrogens (primary N) is 1. The van der Waals surface area contributed by atoms with Gasteiger partial charge in [-0.2, -0.15) is 17.4 Å². The van der Waals surface area contributed by atoms with Gasteiger partial charge in [-0.1, -0.05) is 17.3 Å². The van der Waals surface area contributed by atoms with Crippen molar-refractivity contribution in [1.82, 2.24) is 9.03 Å². The molecule has 0 spiro atoms. The van der Waals surface area contributed by atoms with Crippen molar-refractivity contribution in [3.05, 3.63) is 35.1 Å². The number of hydrogen-bond acceptors (Lipinski definition) is 4. The van der Waals surface area contributed by atoms with E-state index >= 15 is 0 Å². The zero-order valence-electron chi connectivity index (χ0n) is 12.0.